The van der Waals surface area contributed by atoms with E-state index >= 15 is 0 Å². The van der Waals surface area contributed by atoms with Gasteiger partial charge in [0.15, 0.2) is 0 Å². The molecule has 0 bridgehead atoms. The van der Waals surface area contributed by atoms with Crippen LogP contribution >= 0.6 is 0 Å². The number of pyridine rings is 1. The van der Waals surface area contributed by atoms with Gasteiger partial charge in [-0.3, -0.25) is 14.6 Å². The number of anilines is 1. The van der Waals surface area contributed by atoms with Crippen LogP contribution in [-0.4, -0.2) is 35.4 Å². The molecule has 0 aromatic carbocycles. The maximum Gasteiger partial charge on any atom is 0.254 e. The monoisotopic (exact) mass is 278 g/mol. The molecule has 1 heterocycles. The normalized spacial score (nSPS) is 12.4. The average molecular weight is 278 g/mol. The molecule has 3 N–H and O–H groups in total. The van der Waals surface area contributed by atoms with Gasteiger partial charge in [-0.15, -0.1) is 0 Å². The number of hydrogen-bond acceptors (Lipinski definition) is 4. The van der Waals surface area contributed by atoms with Gasteiger partial charge < -0.3 is 16.0 Å². The van der Waals surface area contributed by atoms with Gasteiger partial charge in [0.05, 0.1) is 17.4 Å². The van der Waals surface area contributed by atoms with E-state index in [1.807, 2.05) is 20.8 Å². The Balaban J connectivity index is 2.73. The van der Waals surface area contributed by atoms with Crippen molar-refractivity contribution in [2.45, 2.75) is 39.3 Å². The lowest BCUT2D eigenvalue weighted by Gasteiger charge is -2.23. The molecule has 1 aromatic heterocycles. The van der Waals surface area contributed by atoms with Crippen LogP contribution in [0.5, 0.6) is 0 Å². The van der Waals surface area contributed by atoms with Crippen molar-refractivity contribution >= 4 is 17.5 Å². The molecular formula is C14H22N4O2. The summed E-state index contributed by atoms with van der Waals surface area (Å²) in [5.74, 6) is -0.528. The quantitative estimate of drug-likeness (QED) is 0.771. The zero-order chi connectivity index (χ0) is 15.3. The van der Waals surface area contributed by atoms with Gasteiger partial charge in [-0.2, -0.15) is 0 Å². The van der Waals surface area contributed by atoms with E-state index in [1.165, 1.54) is 6.20 Å². The number of rotatable bonds is 4. The average Bonchev–Trinajstić information content (AvgIpc) is 2.36. The largest absolute Gasteiger partial charge is 0.386 e. The highest BCUT2D eigenvalue weighted by atomic mass is 16.2. The van der Waals surface area contributed by atoms with Crippen LogP contribution in [0.1, 0.15) is 38.1 Å². The van der Waals surface area contributed by atoms with Crippen molar-refractivity contribution in [3.8, 4) is 0 Å². The Kier molecular flexibility index (Phi) is 5.07. The topological polar surface area (TPSA) is 83.1 Å². The molecule has 110 valence electrons. The van der Waals surface area contributed by atoms with Crippen molar-refractivity contribution in [1.82, 2.24) is 15.6 Å². The SMILES string of the molecule is CNc1cnccc1C(=O)NC(C)C(=O)NC(C)(C)C. The molecule has 0 saturated carbocycles. The fourth-order valence-corrected chi connectivity index (χ4v) is 1.61. The lowest BCUT2D eigenvalue weighted by Crippen LogP contribution is -2.50. The Bertz CT molecular complexity index is 494. The summed E-state index contributed by atoms with van der Waals surface area (Å²) in [6.07, 6.45) is 3.10. The molecule has 20 heavy (non-hydrogen) atoms. The molecule has 2 amide bonds. The standard InChI is InChI=1S/C14H22N4O2/c1-9(12(19)18-14(2,3)4)17-13(20)10-6-7-16-8-11(10)15-5/h6-9,15H,1-5H3,(H,17,20)(H,18,19). The molecule has 0 aliphatic heterocycles. The predicted octanol–water partition coefficient (Wildman–Crippen LogP) is 1.16. The third kappa shape index (κ3) is 4.53. The highest BCUT2D eigenvalue weighted by molar-refractivity contribution is 6.01. The van der Waals surface area contributed by atoms with Crippen LogP contribution in [0.3, 0.4) is 0 Å². The first-order chi connectivity index (χ1) is 9.24. The molecule has 6 nitrogen and oxygen atoms in total. The maximum atomic E-state index is 12.1. The van der Waals surface area contributed by atoms with Crippen LogP contribution in [0, 0.1) is 0 Å². The van der Waals surface area contributed by atoms with Crippen molar-refractivity contribution < 1.29 is 9.59 Å². The van der Waals surface area contributed by atoms with E-state index in [1.54, 1.807) is 26.2 Å². The first-order valence-electron chi connectivity index (χ1n) is 6.49. The number of amides is 2. The summed E-state index contributed by atoms with van der Waals surface area (Å²) >= 11 is 0. The number of carbonyl (C=O) groups excluding carboxylic acids is 2. The van der Waals surface area contributed by atoms with Crippen LogP contribution in [0.4, 0.5) is 5.69 Å². The zero-order valence-corrected chi connectivity index (χ0v) is 12.6. The van der Waals surface area contributed by atoms with Crippen molar-refractivity contribution in [1.29, 1.82) is 0 Å². The Hall–Kier alpha value is -2.11. The van der Waals surface area contributed by atoms with Crippen molar-refractivity contribution in [3.63, 3.8) is 0 Å². The lowest BCUT2D eigenvalue weighted by atomic mass is 10.1. The van der Waals surface area contributed by atoms with Gasteiger partial charge in [0, 0.05) is 18.8 Å². The molecule has 1 aromatic rings. The molecule has 0 radical (unpaired) electrons. The van der Waals surface area contributed by atoms with Crippen molar-refractivity contribution in [2.24, 2.45) is 0 Å². The van der Waals surface area contributed by atoms with Crippen molar-refractivity contribution in [3.05, 3.63) is 24.0 Å². The molecule has 1 atom stereocenters. The predicted molar refractivity (Wildman–Crippen MR) is 78.6 cm³/mol. The molecule has 1 rings (SSSR count). The Morgan fingerprint density at radius 2 is 1.95 bits per heavy atom. The highest BCUT2D eigenvalue weighted by Gasteiger charge is 2.21. The van der Waals surface area contributed by atoms with E-state index in [9.17, 15) is 9.59 Å². The summed E-state index contributed by atoms with van der Waals surface area (Å²) in [4.78, 5) is 28.0. The Labute approximate surface area is 119 Å². The molecule has 0 fully saturated rings. The van der Waals surface area contributed by atoms with Crippen molar-refractivity contribution in [2.75, 3.05) is 12.4 Å². The van der Waals surface area contributed by atoms with Gasteiger partial charge >= 0.3 is 0 Å². The third-order valence-electron chi connectivity index (χ3n) is 2.57. The first kappa shape index (κ1) is 15.9. The van der Waals surface area contributed by atoms with E-state index in [-0.39, 0.29) is 17.4 Å². The Morgan fingerprint density at radius 1 is 1.30 bits per heavy atom. The minimum Gasteiger partial charge on any atom is -0.386 e. The summed E-state index contributed by atoms with van der Waals surface area (Å²) in [7, 11) is 1.71. The second-order valence-corrected chi connectivity index (χ2v) is 5.61. The fourth-order valence-electron chi connectivity index (χ4n) is 1.61. The number of hydrogen-bond donors (Lipinski definition) is 3. The maximum absolute atomic E-state index is 12.1. The summed E-state index contributed by atoms with van der Waals surface area (Å²) in [5, 5.41) is 8.39. The van der Waals surface area contributed by atoms with Crippen LogP contribution < -0.4 is 16.0 Å². The molecular weight excluding hydrogens is 256 g/mol. The second kappa shape index (κ2) is 6.36. The van der Waals surface area contributed by atoms with Crippen LogP contribution in [0.15, 0.2) is 18.5 Å². The summed E-state index contributed by atoms with van der Waals surface area (Å²) in [6, 6.07) is 0.995. The first-order valence-corrected chi connectivity index (χ1v) is 6.49. The van der Waals surface area contributed by atoms with Gasteiger partial charge in [-0.1, -0.05) is 0 Å². The number of carbonyl (C=O) groups is 2. The van der Waals surface area contributed by atoms with Gasteiger partial charge in [-0.05, 0) is 33.8 Å². The van der Waals surface area contributed by atoms with E-state index < -0.39 is 6.04 Å². The summed E-state index contributed by atoms with van der Waals surface area (Å²) in [6.45, 7) is 7.32. The number of aromatic nitrogens is 1. The van der Waals surface area contributed by atoms with Crippen LogP contribution in [0.2, 0.25) is 0 Å². The molecule has 0 aliphatic carbocycles. The molecule has 6 heteroatoms. The van der Waals surface area contributed by atoms with Gasteiger partial charge in [0.1, 0.15) is 6.04 Å². The lowest BCUT2D eigenvalue weighted by molar-refractivity contribution is -0.124. The number of nitrogens with zero attached hydrogens (tertiary/aromatic N) is 1. The Morgan fingerprint density at radius 3 is 2.50 bits per heavy atom. The minimum absolute atomic E-state index is 0.217. The van der Waals surface area contributed by atoms with Gasteiger partial charge in [0.2, 0.25) is 5.91 Å². The number of nitrogens with one attached hydrogen (secondary N) is 3. The summed E-state index contributed by atoms with van der Waals surface area (Å²) < 4.78 is 0. The molecule has 0 saturated heterocycles. The fraction of sp³-hybridized carbons (Fsp3) is 0.500. The zero-order valence-electron chi connectivity index (χ0n) is 12.6. The minimum atomic E-state index is -0.611. The molecule has 0 spiro atoms. The summed E-state index contributed by atoms with van der Waals surface area (Å²) in [5.41, 5.74) is 0.745. The second-order valence-electron chi connectivity index (χ2n) is 5.61. The van der Waals surface area contributed by atoms with Crippen LogP contribution in [-0.2, 0) is 4.79 Å². The van der Waals surface area contributed by atoms with E-state index in [0.29, 0.717) is 11.3 Å². The highest BCUT2D eigenvalue weighted by Crippen LogP contribution is 2.12. The smallest absolute Gasteiger partial charge is 0.254 e. The van der Waals surface area contributed by atoms with Crippen LogP contribution in [0.25, 0.3) is 0 Å². The van der Waals surface area contributed by atoms with E-state index in [0.717, 1.165) is 0 Å². The van der Waals surface area contributed by atoms with Gasteiger partial charge in [0.25, 0.3) is 5.91 Å². The van der Waals surface area contributed by atoms with E-state index in [2.05, 4.69) is 20.9 Å². The third-order valence-corrected chi connectivity index (χ3v) is 2.57. The van der Waals surface area contributed by atoms with E-state index in [4.69, 9.17) is 0 Å². The van der Waals surface area contributed by atoms with Gasteiger partial charge in [-0.25, -0.2) is 0 Å². The molecule has 0 aliphatic rings. The molecule has 1 unspecified atom stereocenters.